The molecule has 4 aromatic rings. The Bertz CT molecular complexity index is 1510. The summed E-state index contributed by atoms with van der Waals surface area (Å²) in [5, 5.41) is 6.73. The highest BCUT2D eigenvalue weighted by Gasteiger charge is 2.37. The van der Waals surface area contributed by atoms with Gasteiger partial charge in [0.15, 0.2) is 16.6 Å². The number of likely N-dealkylation sites (tertiary alicyclic amines) is 1. The number of amides is 2. The SMILES string of the molecule is CC(=O)N1CCC(CNC(=O)c2nccc(Sc3cnc(Nc4cc(C)ccn4)s3)c2F)(c2ccccc2)CC1. The lowest BCUT2D eigenvalue weighted by Crippen LogP contribution is -2.50. The Labute approximate surface area is 240 Å². The van der Waals surface area contributed by atoms with Crippen LogP contribution in [0.3, 0.4) is 0 Å². The van der Waals surface area contributed by atoms with E-state index in [-0.39, 0.29) is 21.9 Å². The Morgan fingerprint density at radius 3 is 2.55 bits per heavy atom. The zero-order chi connectivity index (χ0) is 28.1. The number of pyridine rings is 2. The van der Waals surface area contributed by atoms with Gasteiger partial charge in [-0.2, -0.15) is 0 Å². The summed E-state index contributed by atoms with van der Waals surface area (Å²) in [7, 11) is 0. The minimum absolute atomic E-state index is 0.0435. The lowest BCUT2D eigenvalue weighted by Gasteiger charge is -2.42. The summed E-state index contributed by atoms with van der Waals surface area (Å²) in [6.07, 6.45) is 6.21. The number of aryl methyl sites for hydroxylation is 1. The molecule has 40 heavy (non-hydrogen) atoms. The molecule has 1 aromatic carbocycles. The maximum absolute atomic E-state index is 15.5. The third-order valence-corrected chi connectivity index (χ3v) is 9.10. The number of carbonyl (C=O) groups excluding carboxylic acids is 2. The quantitative estimate of drug-likeness (QED) is 0.282. The van der Waals surface area contributed by atoms with E-state index in [9.17, 15) is 9.59 Å². The number of aromatic nitrogens is 3. The smallest absolute Gasteiger partial charge is 0.273 e. The number of hydrogen-bond donors (Lipinski definition) is 2. The van der Waals surface area contributed by atoms with Crippen molar-refractivity contribution in [3.63, 3.8) is 0 Å². The molecule has 11 heteroatoms. The highest BCUT2D eigenvalue weighted by atomic mass is 32.2. The van der Waals surface area contributed by atoms with Crippen LogP contribution in [0.5, 0.6) is 0 Å². The molecule has 206 valence electrons. The minimum atomic E-state index is -0.673. The number of thiazole rings is 1. The maximum Gasteiger partial charge on any atom is 0.273 e. The van der Waals surface area contributed by atoms with Crippen molar-refractivity contribution in [2.75, 3.05) is 25.0 Å². The number of benzene rings is 1. The zero-order valence-corrected chi connectivity index (χ0v) is 23.8. The van der Waals surface area contributed by atoms with Crippen LogP contribution >= 0.6 is 23.1 Å². The number of halogens is 1. The lowest BCUT2D eigenvalue weighted by atomic mass is 9.72. The van der Waals surface area contributed by atoms with Crippen molar-refractivity contribution in [2.45, 2.75) is 41.2 Å². The number of nitrogens with one attached hydrogen (secondary N) is 2. The Hall–Kier alpha value is -3.83. The Balaban J connectivity index is 1.28. The molecule has 2 amide bonds. The first-order chi connectivity index (χ1) is 19.3. The van der Waals surface area contributed by atoms with E-state index in [0.717, 1.165) is 15.3 Å². The van der Waals surface area contributed by atoms with Crippen molar-refractivity contribution in [3.8, 4) is 0 Å². The fourth-order valence-corrected chi connectivity index (χ4v) is 6.66. The molecule has 1 fully saturated rings. The van der Waals surface area contributed by atoms with Crippen molar-refractivity contribution in [1.29, 1.82) is 0 Å². The molecule has 0 atom stereocenters. The molecule has 4 heterocycles. The van der Waals surface area contributed by atoms with Crippen LogP contribution in [0.15, 0.2) is 76.2 Å². The maximum atomic E-state index is 15.5. The number of piperidine rings is 1. The third-order valence-electron chi connectivity index (χ3n) is 7.05. The predicted molar refractivity (Wildman–Crippen MR) is 155 cm³/mol. The molecule has 1 aliphatic heterocycles. The molecular formula is C29H29FN6O2S2. The van der Waals surface area contributed by atoms with Gasteiger partial charge in [0.1, 0.15) is 5.82 Å². The molecule has 0 bridgehead atoms. The Morgan fingerprint density at radius 1 is 1.07 bits per heavy atom. The largest absolute Gasteiger partial charge is 0.350 e. The van der Waals surface area contributed by atoms with Crippen LogP contribution in [0.4, 0.5) is 15.3 Å². The van der Waals surface area contributed by atoms with Crippen LogP contribution in [0.2, 0.25) is 0 Å². The second-order valence-corrected chi connectivity index (χ2v) is 12.1. The van der Waals surface area contributed by atoms with Gasteiger partial charge in [-0.15, -0.1) is 0 Å². The summed E-state index contributed by atoms with van der Waals surface area (Å²) in [4.78, 5) is 39.9. The van der Waals surface area contributed by atoms with E-state index in [0.29, 0.717) is 43.4 Å². The minimum Gasteiger partial charge on any atom is -0.350 e. The van der Waals surface area contributed by atoms with E-state index in [4.69, 9.17) is 0 Å². The Morgan fingerprint density at radius 2 is 1.82 bits per heavy atom. The monoisotopic (exact) mass is 576 g/mol. The van der Waals surface area contributed by atoms with Gasteiger partial charge in [-0.05, 0) is 49.1 Å². The molecule has 1 aliphatic rings. The topological polar surface area (TPSA) is 100 Å². The van der Waals surface area contributed by atoms with Crippen molar-refractivity contribution < 1.29 is 14.0 Å². The molecule has 0 aliphatic carbocycles. The fraction of sp³-hybridized carbons (Fsp3) is 0.276. The van der Waals surface area contributed by atoms with Gasteiger partial charge in [0.2, 0.25) is 5.91 Å². The summed E-state index contributed by atoms with van der Waals surface area (Å²) < 4.78 is 16.3. The summed E-state index contributed by atoms with van der Waals surface area (Å²) in [6.45, 7) is 5.07. The first kappa shape index (κ1) is 27.7. The van der Waals surface area contributed by atoms with Crippen LogP contribution in [0, 0.1) is 12.7 Å². The number of anilines is 2. The normalized spacial score (nSPS) is 14.5. The average molecular weight is 577 g/mol. The van der Waals surface area contributed by atoms with E-state index in [1.165, 1.54) is 29.3 Å². The van der Waals surface area contributed by atoms with Gasteiger partial charge in [-0.3, -0.25) is 9.59 Å². The second-order valence-electron chi connectivity index (χ2n) is 9.74. The van der Waals surface area contributed by atoms with Gasteiger partial charge in [0.25, 0.3) is 5.91 Å². The first-order valence-corrected chi connectivity index (χ1v) is 14.5. The average Bonchev–Trinajstić information content (AvgIpc) is 3.40. The van der Waals surface area contributed by atoms with Crippen LogP contribution in [0.25, 0.3) is 0 Å². The van der Waals surface area contributed by atoms with Crippen LogP contribution < -0.4 is 10.6 Å². The standard InChI is InChI=1S/C29H29FN6O2S2/c1-19-8-12-31-23(16-19)35-28-33-17-24(40-28)39-22-9-13-32-26(25(22)30)27(38)34-18-29(21-6-4-3-5-7-21)10-14-36(15-11-29)20(2)37/h3-9,12-13,16-17H,10-11,14-15,18H2,1-2H3,(H,34,38)(H,31,33,35). The van der Waals surface area contributed by atoms with Gasteiger partial charge in [0.05, 0.1) is 15.3 Å². The van der Waals surface area contributed by atoms with Crippen molar-refractivity contribution >= 4 is 45.9 Å². The van der Waals surface area contributed by atoms with Crippen LogP contribution in [-0.4, -0.2) is 51.3 Å². The van der Waals surface area contributed by atoms with Gasteiger partial charge in [0, 0.05) is 44.4 Å². The van der Waals surface area contributed by atoms with Gasteiger partial charge >= 0.3 is 0 Å². The molecule has 8 nitrogen and oxygen atoms in total. The van der Waals surface area contributed by atoms with E-state index in [1.807, 2.05) is 54.3 Å². The molecule has 0 spiro atoms. The number of rotatable bonds is 8. The van der Waals surface area contributed by atoms with Crippen molar-refractivity contribution in [3.05, 3.63) is 89.8 Å². The number of carbonyl (C=O) groups is 2. The molecule has 1 saturated heterocycles. The molecule has 2 N–H and O–H groups in total. The third kappa shape index (κ3) is 6.31. The van der Waals surface area contributed by atoms with Crippen molar-refractivity contribution in [1.82, 2.24) is 25.2 Å². The molecule has 0 unspecified atom stereocenters. The van der Waals surface area contributed by atoms with Crippen molar-refractivity contribution in [2.24, 2.45) is 0 Å². The molecule has 0 radical (unpaired) electrons. The first-order valence-electron chi connectivity index (χ1n) is 12.9. The highest BCUT2D eigenvalue weighted by molar-refractivity contribution is 8.01. The van der Waals surface area contributed by atoms with Gasteiger partial charge < -0.3 is 15.5 Å². The molecule has 3 aromatic heterocycles. The van der Waals surface area contributed by atoms with Crippen LogP contribution in [0.1, 0.15) is 41.4 Å². The summed E-state index contributed by atoms with van der Waals surface area (Å²) in [5.41, 5.74) is 1.56. The van der Waals surface area contributed by atoms with E-state index in [1.54, 1.807) is 25.4 Å². The summed E-state index contributed by atoms with van der Waals surface area (Å²) in [6, 6.07) is 15.3. The predicted octanol–water partition coefficient (Wildman–Crippen LogP) is 5.59. The molecule has 0 saturated carbocycles. The zero-order valence-electron chi connectivity index (χ0n) is 22.2. The van der Waals surface area contributed by atoms with Gasteiger partial charge in [-0.25, -0.2) is 19.3 Å². The summed E-state index contributed by atoms with van der Waals surface area (Å²) in [5.74, 6) is -0.517. The van der Waals surface area contributed by atoms with Gasteiger partial charge in [-0.1, -0.05) is 53.4 Å². The molecule has 5 rings (SSSR count). The molecular weight excluding hydrogens is 547 g/mol. The van der Waals surface area contributed by atoms with E-state index >= 15 is 4.39 Å². The van der Waals surface area contributed by atoms with Crippen LogP contribution in [-0.2, 0) is 10.2 Å². The number of nitrogens with zero attached hydrogens (tertiary/aromatic N) is 4. The fourth-order valence-electron chi connectivity index (χ4n) is 4.79. The summed E-state index contributed by atoms with van der Waals surface area (Å²) >= 11 is 2.55. The van der Waals surface area contributed by atoms with E-state index < -0.39 is 11.7 Å². The Kier molecular flexibility index (Phi) is 8.41. The second kappa shape index (κ2) is 12.1. The highest BCUT2D eigenvalue weighted by Crippen LogP contribution is 2.37. The van der Waals surface area contributed by atoms with E-state index in [2.05, 4.69) is 25.6 Å². The number of hydrogen-bond acceptors (Lipinski definition) is 8. The lowest BCUT2D eigenvalue weighted by molar-refractivity contribution is -0.130.